The van der Waals surface area contributed by atoms with E-state index in [4.69, 9.17) is 20.8 Å². The highest BCUT2D eigenvalue weighted by molar-refractivity contribution is 7.99. The van der Waals surface area contributed by atoms with E-state index < -0.39 is 11.8 Å². The van der Waals surface area contributed by atoms with Gasteiger partial charge in [-0.05, 0) is 36.4 Å². The summed E-state index contributed by atoms with van der Waals surface area (Å²) in [5.74, 6) is -0.329. The van der Waals surface area contributed by atoms with Gasteiger partial charge in [0.05, 0.1) is 5.75 Å². The van der Waals surface area contributed by atoms with Crippen LogP contribution in [0.3, 0.4) is 0 Å². The Hall–Kier alpha value is -2.71. The molecule has 0 aliphatic carbocycles. The highest BCUT2D eigenvalue weighted by atomic mass is 35.5. The van der Waals surface area contributed by atoms with Gasteiger partial charge in [0.25, 0.3) is 11.1 Å². The van der Waals surface area contributed by atoms with Gasteiger partial charge in [0, 0.05) is 5.02 Å². The van der Waals surface area contributed by atoms with Crippen LogP contribution in [0.2, 0.25) is 5.02 Å². The lowest BCUT2D eigenvalue weighted by molar-refractivity contribution is -0.128. The van der Waals surface area contributed by atoms with E-state index in [9.17, 15) is 9.59 Å². The molecular formula is C17H14ClN3O4S. The molecule has 0 unspecified atom stereocenters. The Labute approximate surface area is 158 Å². The van der Waals surface area contributed by atoms with Crippen molar-refractivity contribution in [3.63, 3.8) is 0 Å². The van der Waals surface area contributed by atoms with Crippen molar-refractivity contribution in [1.82, 2.24) is 15.8 Å². The summed E-state index contributed by atoms with van der Waals surface area (Å²) in [4.78, 5) is 27.7. The number of rotatable bonds is 6. The normalized spacial score (nSPS) is 10.5. The monoisotopic (exact) mass is 391 g/mol. The summed E-state index contributed by atoms with van der Waals surface area (Å²) in [5.41, 5.74) is 5.96. The molecule has 0 saturated heterocycles. The van der Waals surface area contributed by atoms with Crippen LogP contribution in [-0.4, -0.2) is 29.2 Å². The molecule has 3 rings (SSSR count). The van der Waals surface area contributed by atoms with E-state index in [1.165, 1.54) is 0 Å². The van der Waals surface area contributed by atoms with Crippen LogP contribution in [-0.2, 0) is 9.59 Å². The zero-order valence-corrected chi connectivity index (χ0v) is 15.0. The first-order valence-electron chi connectivity index (χ1n) is 7.54. The number of para-hydroxylation sites is 2. The van der Waals surface area contributed by atoms with Gasteiger partial charge in [-0.15, -0.1) is 0 Å². The highest BCUT2D eigenvalue weighted by Gasteiger charge is 2.10. The van der Waals surface area contributed by atoms with Crippen LogP contribution in [0, 0.1) is 0 Å². The number of benzene rings is 2. The third kappa shape index (κ3) is 5.14. The van der Waals surface area contributed by atoms with Crippen LogP contribution in [0.1, 0.15) is 0 Å². The minimum Gasteiger partial charge on any atom is -0.484 e. The molecular weight excluding hydrogens is 378 g/mol. The zero-order valence-electron chi connectivity index (χ0n) is 13.4. The molecule has 0 spiro atoms. The number of fused-ring (bicyclic) bond motifs is 1. The number of nitrogens with zero attached hydrogens (tertiary/aromatic N) is 1. The van der Waals surface area contributed by atoms with Gasteiger partial charge in [-0.1, -0.05) is 35.5 Å². The van der Waals surface area contributed by atoms with Crippen molar-refractivity contribution < 1.29 is 18.7 Å². The maximum absolute atomic E-state index is 11.8. The molecule has 134 valence electrons. The summed E-state index contributed by atoms with van der Waals surface area (Å²) < 4.78 is 10.8. The topological polar surface area (TPSA) is 93.5 Å². The molecule has 0 aliphatic heterocycles. The molecule has 2 aromatic carbocycles. The van der Waals surface area contributed by atoms with Gasteiger partial charge in [-0.2, -0.15) is 0 Å². The maximum Gasteiger partial charge on any atom is 0.276 e. The summed E-state index contributed by atoms with van der Waals surface area (Å²) in [6, 6.07) is 13.9. The maximum atomic E-state index is 11.8. The zero-order chi connectivity index (χ0) is 18.4. The van der Waals surface area contributed by atoms with E-state index in [0.29, 0.717) is 21.6 Å². The summed E-state index contributed by atoms with van der Waals surface area (Å²) in [5, 5.41) is 0.962. The van der Waals surface area contributed by atoms with E-state index >= 15 is 0 Å². The van der Waals surface area contributed by atoms with Crippen molar-refractivity contribution >= 4 is 46.3 Å². The largest absolute Gasteiger partial charge is 0.484 e. The van der Waals surface area contributed by atoms with E-state index in [-0.39, 0.29) is 12.4 Å². The van der Waals surface area contributed by atoms with E-state index in [1.54, 1.807) is 30.3 Å². The van der Waals surface area contributed by atoms with E-state index in [1.807, 2.05) is 18.2 Å². The molecule has 2 N–H and O–H groups in total. The van der Waals surface area contributed by atoms with E-state index in [2.05, 4.69) is 15.8 Å². The summed E-state index contributed by atoms with van der Waals surface area (Å²) in [6.45, 7) is -0.236. The predicted molar refractivity (Wildman–Crippen MR) is 98.0 cm³/mol. The molecule has 1 heterocycles. The SMILES string of the molecule is O=C(COc1ccc(Cl)cc1)NNC(=O)CSc1nc2ccccc2o1. The van der Waals surface area contributed by atoms with Crippen molar-refractivity contribution in [2.75, 3.05) is 12.4 Å². The molecule has 0 atom stereocenters. The number of carbonyl (C=O) groups excluding carboxylic acids is 2. The molecule has 9 heteroatoms. The number of oxazole rings is 1. The number of amides is 2. The third-order valence-electron chi connectivity index (χ3n) is 3.13. The van der Waals surface area contributed by atoms with E-state index in [0.717, 1.165) is 17.3 Å². The van der Waals surface area contributed by atoms with Gasteiger partial charge in [-0.3, -0.25) is 20.4 Å². The van der Waals surface area contributed by atoms with Crippen LogP contribution in [0.5, 0.6) is 5.75 Å². The first kappa shape index (κ1) is 18.1. The molecule has 0 aliphatic rings. The molecule has 0 radical (unpaired) electrons. The molecule has 3 aromatic rings. The lowest BCUT2D eigenvalue weighted by Gasteiger charge is -2.08. The minimum absolute atomic E-state index is 0.0468. The minimum atomic E-state index is -0.486. The standard InChI is InChI=1S/C17H14ClN3O4S/c18-11-5-7-12(8-6-11)24-9-15(22)20-21-16(23)10-26-17-19-13-3-1-2-4-14(13)25-17/h1-8H,9-10H2,(H,20,22)(H,21,23). The summed E-state index contributed by atoms with van der Waals surface area (Å²) in [7, 11) is 0. The van der Waals surface area contributed by atoms with Gasteiger partial charge in [0.15, 0.2) is 12.2 Å². The van der Waals surface area contributed by atoms with Crippen molar-refractivity contribution in [2.24, 2.45) is 0 Å². The lowest BCUT2D eigenvalue weighted by atomic mass is 10.3. The second kappa shape index (κ2) is 8.59. The van der Waals surface area contributed by atoms with Gasteiger partial charge < -0.3 is 9.15 Å². The lowest BCUT2D eigenvalue weighted by Crippen LogP contribution is -2.44. The summed E-state index contributed by atoms with van der Waals surface area (Å²) in [6.07, 6.45) is 0. The fourth-order valence-electron chi connectivity index (χ4n) is 1.93. The van der Waals surface area contributed by atoms with Gasteiger partial charge in [-0.25, -0.2) is 4.98 Å². The van der Waals surface area contributed by atoms with Crippen molar-refractivity contribution in [3.05, 3.63) is 53.6 Å². The molecule has 0 fully saturated rings. The second-order valence-electron chi connectivity index (χ2n) is 5.08. The average Bonchev–Trinajstić information content (AvgIpc) is 3.07. The Bertz CT molecular complexity index is 881. The second-order valence-corrected chi connectivity index (χ2v) is 6.44. The number of aromatic nitrogens is 1. The van der Waals surface area contributed by atoms with Crippen LogP contribution < -0.4 is 15.6 Å². The van der Waals surface area contributed by atoms with Gasteiger partial charge in [0.2, 0.25) is 5.91 Å². The Morgan fingerprint density at radius 3 is 2.58 bits per heavy atom. The molecule has 7 nitrogen and oxygen atoms in total. The van der Waals surface area contributed by atoms with Crippen LogP contribution in [0.25, 0.3) is 11.1 Å². The quantitative estimate of drug-likeness (QED) is 0.495. The third-order valence-corrected chi connectivity index (χ3v) is 4.21. The fourth-order valence-corrected chi connectivity index (χ4v) is 2.70. The van der Waals surface area contributed by atoms with Crippen LogP contribution in [0.15, 0.2) is 58.2 Å². The van der Waals surface area contributed by atoms with Crippen LogP contribution >= 0.6 is 23.4 Å². The molecule has 0 saturated carbocycles. The highest BCUT2D eigenvalue weighted by Crippen LogP contribution is 2.22. The molecule has 26 heavy (non-hydrogen) atoms. The van der Waals surface area contributed by atoms with Crippen LogP contribution in [0.4, 0.5) is 0 Å². The number of carbonyl (C=O) groups is 2. The number of hydrogen-bond acceptors (Lipinski definition) is 6. The summed E-state index contributed by atoms with van der Waals surface area (Å²) >= 11 is 6.89. The molecule has 2 amide bonds. The van der Waals surface area contributed by atoms with Crippen molar-refractivity contribution in [1.29, 1.82) is 0 Å². The van der Waals surface area contributed by atoms with Crippen molar-refractivity contribution in [3.8, 4) is 5.75 Å². The first-order chi connectivity index (χ1) is 12.6. The number of hydrazine groups is 1. The number of hydrogen-bond donors (Lipinski definition) is 2. The smallest absolute Gasteiger partial charge is 0.276 e. The average molecular weight is 392 g/mol. The Morgan fingerprint density at radius 2 is 1.81 bits per heavy atom. The number of ether oxygens (including phenoxy) is 1. The molecule has 0 bridgehead atoms. The molecule has 1 aromatic heterocycles. The van der Waals surface area contributed by atoms with Gasteiger partial charge in [0.1, 0.15) is 11.3 Å². The number of thioether (sulfide) groups is 1. The Morgan fingerprint density at radius 1 is 1.08 bits per heavy atom. The number of nitrogens with one attached hydrogen (secondary N) is 2. The first-order valence-corrected chi connectivity index (χ1v) is 8.91. The Balaban J connectivity index is 1.37. The van der Waals surface area contributed by atoms with Crippen molar-refractivity contribution in [2.45, 2.75) is 5.22 Å². The van der Waals surface area contributed by atoms with Gasteiger partial charge >= 0.3 is 0 Å². The predicted octanol–water partition coefficient (Wildman–Crippen LogP) is 2.80. The fraction of sp³-hybridized carbons (Fsp3) is 0.118. The number of halogens is 1. The Kier molecular flexibility index (Phi) is 5.98.